The van der Waals surface area contributed by atoms with Gasteiger partial charge in [0.15, 0.2) is 0 Å². The molecule has 1 aromatic carbocycles. The fourth-order valence-corrected chi connectivity index (χ4v) is 2.02. The van der Waals surface area contributed by atoms with Crippen LogP contribution in [0.25, 0.3) is 0 Å². The number of benzene rings is 1. The molecule has 0 bridgehead atoms. The second-order valence-electron chi connectivity index (χ2n) is 3.71. The largest absolute Gasteiger partial charge is 0.0924 e. The third-order valence-electron chi connectivity index (χ3n) is 2.48. The Morgan fingerprint density at radius 3 is 2.00 bits per heavy atom. The van der Waals surface area contributed by atoms with Crippen LogP contribution in [-0.2, 0) is 12.8 Å². The molecule has 0 radical (unpaired) electrons. The first-order valence-corrected chi connectivity index (χ1v) is 6.62. The Balaban J connectivity index is 2.38. The second kappa shape index (κ2) is 7.05. The summed E-state index contributed by atoms with van der Waals surface area (Å²) in [6.45, 7) is 2.25. The van der Waals surface area contributed by atoms with E-state index in [0.717, 1.165) is 11.8 Å². The van der Waals surface area contributed by atoms with Crippen LogP contribution in [0.4, 0.5) is 0 Å². The van der Waals surface area contributed by atoms with Crippen LogP contribution < -0.4 is 0 Å². The average molecular weight is 255 g/mol. The van der Waals surface area contributed by atoms with Gasteiger partial charge in [-0.3, -0.25) is 0 Å². The van der Waals surface area contributed by atoms with Gasteiger partial charge in [0.2, 0.25) is 0 Å². The molecule has 1 aromatic rings. The number of aryl methyl sites for hydroxylation is 2. The summed E-state index contributed by atoms with van der Waals surface area (Å²) >= 11 is 3.46. The van der Waals surface area contributed by atoms with Gasteiger partial charge in [-0.1, -0.05) is 60.0 Å². The molecule has 0 aliphatic rings. The van der Waals surface area contributed by atoms with Gasteiger partial charge < -0.3 is 0 Å². The average Bonchev–Trinajstić information content (AvgIpc) is 2.21. The summed E-state index contributed by atoms with van der Waals surface area (Å²) in [7, 11) is 0. The first-order chi connectivity index (χ1) is 6.86. The normalized spacial score (nSPS) is 10.4. The Labute approximate surface area is 95.9 Å². The standard InChI is InChI=1S/C13H19Br/c1-2-3-4-5-12-6-8-13(9-7-12)10-11-14/h6-9H,2-5,10-11H2,1H3. The lowest BCUT2D eigenvalue weighted by molar-refractivity contribution is 0.717. The number of alkyl halides is 1. The van der Waals surface area contributed by atoms with Crippen LogP contribution in [0, 0.1) is 0 Å². The maximum Gasteiger partial charge on any atom is 0.00718 e. The zero-order valence-corrected chi connectivity index (χ0v) is 10.5. The highest BCUT2D eigenvalue weighted by Crippen LogP contribution is 2.09. The van der Waals surface area contributed by atoms with Gasteiger partial charge in [-0.05, 0) is 30.4 Å². The van der Waals surface area contributed by atoms with Crippen molar-refractivity contribution in [3.63, 3.8) is 0 Å². The molecule has 14 heavy (non-hydrogen) atoms. The summed E-state index contributed by atoms with van der Waals surface area (Å²) < 4.78 is 0. The minimum atomic E-state index is 1.06. The van der Waals surface area contributed by atoms with Crippen molar-refractivity contribution in [1.29, 1.82) is 0 Å². The van der Waals surface area contributed by atoms with E-state index in [1.54, 1.807) is 0 Å². The molecule has 0 aromatic heterocycles. The van der Waals surface area contributed by atoms with E-state index in [1.807, 2.05) is 0 Å². The van der Waals surface area contributed by atoms with Gasteiger partial charge in [0.25, 0.3) is 0 Å². The van der Waals surface area contributed by atoms with Gasteiger partial charge in [-0.25, -0.2) is 0 Å². The van der Waals surface area contributed by atoms with Gasteiger partial charge in [0.1, 0.15) is 0 Å². The molecule has 0 atom stereocenters. The molecule has 0 heterocycles. The molecule has 1 rings (SSSR count). The van der Waals surface area contributed by atoms with Crippen LogP contribution in [0.1, 0.15) is 37.3 Å². The quantitative estimate of drug-likeness (QED) is 0.523. The van der Waals surface area contributed by atoms with E-state index in [2.05, 4.69) is 47.1 Å². The molecule has 0 unspecified atom stereocenters. The lowest BCUT2D eigenvalue weighted by Crippen LogP contribution is -1.88. The molecule has 0 aliphatic heterocycles. The van der Waals surface area contributed by atoms with Crippen LogP contribution in [-0.4, -0.2) is 5.33 Å². The van der Waals surface area contributed by atoms with Crippen molar-refractivity contribution in [3.8, 4) is 0 Å². The first-order valence-electron chi connectivity index (χ1n) is 5.50. The lowest BCUT2D eigenvalue weighted by Gasteiger charge is -2.02. The highest BCUT2D eigenvalue weighted by molar-refractivity contribution is 9.09. The van der Waals surface area contributed by atoms with Crippen LogP contribution in [0.2, 0.25) is 0 Å². The Kier molecular flexibility index (Phi) is 5.93. The van der Waals surface area contributed by atoms with Crippen molar-refractivity contribution in [2.45, 2.75) is 39.0 Å². The van der Waals surface area contributed by atoms with Crippen molar-refractivity contribution >= 4 is 15.9 Å². The zero-order chi connectivity index (χ0) is 10.2. The summed E-state index contributed by atoms with van der Waals surface area (Å²) in [5.74, 6) is 0. The Bertz CT molecular complexity index is 238. The fourth-order valence-electron chi connectivity index (χ4n) is 1.56. The number of unbranched alkanes of at least 4 members (excludes halogenated alkanes) is 2. The van der Waals surface area contributed by atoms with E-state index in [0.29, 0.717) is 0 Å². The molecule has 0 spiro atoms. The summed E-state index contributed by atoms with van der Waals surface area (Å²) in [6.07, 6.45) is 6.36. The van der Waals surface area contributed by atoms with E-state index >= 15 is 0 Å². The predicted molar refractivity (Wildman–Crippen MR) is 67.2 cm³/mol. The maximum atomic E-state index is 3.46. The minimum absolute atomic E-state index is 1.06. The van der Waals surface area contributed by atoms with E-state index in [9.17, 15) is 0 Å². The van der Waals surface area contributed by atoms with E-state index in [1.165, 1.54) is 36.8 Å². The minimum Gasteiger partial charge on any atom is -0.0924 e. The lowest BCUT2D eigenvalue weighted by atomic mass is 10.0. The molecule has 0 fully saturated rings. The highest BCUT2D eigenvalue weighted by Gasteiger charge is 1.94. The molecule has 0 saturated carbocycles. The Morgan fingerprint density at radius 1 is 0.929 bits per heavy atom. The zero-order valence-electron chi connectivity index (χ0n) is 8.93. The first kappa shape index (κ1) is 11.8. The van der Waals surface area contributed by atoms with Crippen LogP contribution >= 0.6 is 15.9 Å². The summed E-state index contributed by atoms with van der Waals surface area (Å²) in [4.78, 5) is 0. The van der Waals surface area contributed by atoms with E-state index in [-0.39, 0.29) is 0 Å². The molecule has 78 valence electrons. The SMILES string of the molecule is CCCCCc1ccc(CCBr)cc1. The summed E-state index contributed by atoms with van der Waals surface area (Å²) in [5.41, 5.74) is 2.91. The molecular formula is C13H19Br. The van der Waals surface area contributed by atoms with Crippen molar-refractivity contribution < 1.29 is 0 Å². The summed E-state index contributed by atoms with van der Waals surface area (Å²) in [6, 6.07) is 9.05. The Hall–Kier alpha value is -0.300. The smallest absolute Gasteiger partial charge is 0.00718 e. The Morgan fingerprint density at radius 2 is 1.50 bits per heavy atom. The molecular weight excluding hydrogens is 236 g/mol. The van der Waals surface area contributed by atoms with Crippen molar-refractivity contribution in [2.75, 3.05) is 5.33 Å². The third-order valence-corrected chi connectivity index (χ3v) is 2.87. The van der Waals surface area contributed by atoms with Crippen LogP contribution in [0.15, 0.2) is 24.3 Å². The molecule has 0 saturated heterocycles. The molecule has 1 heteroatoms. The summed E-state index contributed by atoms with van der Waals surface area (Å²) in [5, 5.41) is 1.06. The maximum absolute atomic E-state index is 3.46. The monoisotopic (exact) mass is 254 g/mol. The van der Waals surface area contributed by atoms with Crippen molar-refractivity contribution in [3.05, 3.63) is 35.4 Å². The predicted octanol–water partition coefficient (Wildman–Crippen LogP) is 4.36. The highest BCUT2D eigenvalue weighted by atomic mass is 79.9. The van der Waals surface area contributed by atoms with Gasteiger partial charge in [-0.2, -0.15) is 0 Å². The number of hydrogen-bond acceptors (Lipinski definition) is 0. The van der Waals surface area contributed by atoms with Gasteiger partial charge in [0, 0.05) is 5.33 Å². The molecule has 0 nitrogen and oxygen atoms in total. The van der Waals surface area contributed by atoms with Crippen LogP contribution in [0.5, 0.6) is 0 Å². The van der Waals surface area contributed by atoms with E-state index in [4.69, 9.17) is 0 Å². The fraction of sp³-hybridized carbons (Fsp3) is 0.538. The number of rotatable bonds is 6. The van der Waals surface area contributed by atoms with Gasteiger partial charge >= 0.3 is 0 Å². The number of hydrogen-bond donors (Lipinski definition) is 0. The molecule has 0 N–H and O–H groups in total. The van der Waals surface area contributed by atoms with Crippen molar-refractivity contribution in [1.82, 2.24) is 0 Å². The third kappa shape index (κ3) is 4.28. The topological polar surface area (TPSA) is 0 Å². The van der Waals surface area contributed by atoms with Gasteiger partial charge in [0.05, 0.1) is 0 Å². The second-order valence-corrected chi connectivity index (χ2v) is 4.51. The van der Waals surface area contributed by atoms with Gasteiger partial charge in [-0.15, -0.1) is 0 Å². The van der Waals surface area contributed by atoms with Crippen LogP contribution in [0.3, 0.4) is 0 Å². The molecule has 0 amide bonds. The molecule has 0 aliphatic carbocycles. The number of halogens is 1. The van der Waals surface area contributed by atoms with Crippen molar-refractivity contribution in [2.24, 2.45) is 0 Å². The van der Waals surface area contributed by atoms with E-state index < -0.39 is 0 Å².